The van der Waals surface area contributed by atoms with Crippen LogP contribution in [0.4, 0.5) is 0 Å². The molecule has 0 spiro atoms. The van der Waals surface area contributed by atoms with E-state index in [9.17, 15) is 9.90 Å². The van der Waals surface area contributed by atoms with Gasteiger partial charge in [-0.15, -0.1) is 11.8 Å². The normalized spacial score (nSPS) is 21.7. The lowest BCUT2D eigenvalue weighted by molar-refractivity contribution is -0.121. The van der Waals surface area contributed by atoms with Gasteiger partial charge in [0, 0.05) is 24.8 Å². The first kappa shape index (κ1) is 19.9. The zero-order chi connectivity index (χ0) is 19.1. The van der Waals surface area contributed by atoms with Crippen LogP contribution in [0.15, 0.2) is 60.7 Å². The third kappa shape index (κ3) is 4.71. The fraction of sp³-hybridized carbons (Fsp3) is 0.381. The second kappa shape index (κ2) is 9.37. The summed E-state index contributed by atoms with van der Waals surface area (Å²) in [6.45, 7) is 1.92. The van der Waals surface area contributed by atoms with Crippen LogP contribution < -0.4 is 16.4 Å². The Kier molecular flexibility index (Phi) is 6.90. The fourth-order valence-electron chi connectivity index (χ4n) is 3.62. The van der Waals surface area contributed by atoms with Crippen molar-refractivity contribution in [3.8, 4) is 0 Å². The van der Waals surface area contributed by atoms with E-state index in [-0.39, 0.29) is 11.8 Å². The molecule has 0 aliphatic carbocycles. The third-order valence-electron chi connectivity index (χ3n) is 5.01. The minimum Gasteiger partial charge on any atom is -0.387 e. The van der Waals surface area contributed by atoms with Gasteiger partial charge in [0.1, 0.15) is 0 Å². The maximum absolute atomic E-state index is 12.3. The molecule has 2 aromatic carbocycles. The quantitative estimate of drug-likeness (QED) is 0.496. The van der Waals surface area contributed by atoms with E-state index in [4.69, 9.17) is 5.73 Å². The molecule has 0 saturated carbocycles. The molecule has 5 N–H and O–H groups in total. The standard InChI is InChI=1S/C21H27N3O2S/c22-20(26)21(24-13-14-27-21)18(16-7-3-1-4-8-16)11-12-23-15-19(25)17-9-5-2-6-10-17/h1-10,18-19,23-25H,11-15H2,(H2,22,26). The third-order valence-corrected chi connectivity index (χ3v) is 6.50. The molecule has 0 radical (unpaired) electrons. The van der Waals surface area contributed by atoms with Crippen LogP contribution >= 0.6 is 11.8 Å². The average molecular weight is 386 g/mol. The molecule has 5 nitrogen and oxygen atoms in total. The van der Waals surface area contributed by atoms with Crippen LogP contribution in [-0.2, 0) is 4.79 Å². The monoisotopic (exact) mass is 385 g/mol. The minimum atomic E-state index is -0.777. The molecule has 3 unspecified atom stereocenters. The van der Waals surface area contributed by atoms with Crippen molar-refractivity contribution >= 4 is 17.7 Å². The fourth-order valence-corrected chi connectivity index (χ4v) is 4.95. The number of rotatable bonds is 9. The van der Waals surface area contributed by atoms with Gasteiger partial charge in [-0.05, 0) is 24.1 Å². The zero-order valence-corrected chi connectivity index (χ0v) is 16.1. The van der Waals surface area contributed by atoms with Crippen LogP contribution in [0.3, 0.4) is 0 Å². The minimum absolute atomic E-state index is 0.0370. The zero-order valence-electron chi connectivity index (χ0n) is 15.3. The largest absolute Gasteiger partial charge is 0.387 e. The molecule has 1 heterocycles. The van der Waals surface area contributed by atoms with Gasteiger partial charge in [-0.1, -0.05) is 60.7 Å². The van der Waals surface area contributed by atoms with E-state index >= 15 is 0 Å². The van der Waals surface area contributed by atoms with Crippen LogP contribution in [-0.4, -0.2) is 41.3 Å². The van der Waals surface area contributed by atoms with E-state index in [1.165, 1.54) is 0 Å². The number of carbonyl (C=O) groups is 1. The topological polar surface area (TPSA) is 87.4 Å². The molecule has 27 heavy (non-hydrogen) atoms. The van der Waals surface area contributed by atoms with Gasteiger partial charge in [-0.25, -0.2) is 0 Å². The molecule has 3 rings (SSSR count). The SMILES string of the molecule is NC(=O)C1(C(CCNCC(O)c2ccccc2)c2ccccc2)NCCS1. The van der Waals surface area contributed by atoms with Crippen molar-refractivity contribution in [2.45, 2.75) is 23.3 Å². The molecule has 1 aliphatic heterocycles. The summed E-state index contributed by atoms with van der Waals surface area (Å²) in [4.78, 5) is 11.6. The number of benzene rings is 2. The molecule has 6 heteroatoms. The second-order valence-electron chi connectivity index (χ2n) is 6.76. The number of nitrogens with two attached hydrogens (primary N) is 1. The Bertz CT molecular complexity index is 721. The smallest absolute Gasteiger partial charge is 0.248 e. The van der Waals surface area contributed by atoms with Gasteiger partial charge in [0.25, 0.3) is 0 Å². The summed E-state index contributed by atoms with van der Waals surface area (Å²) in [7, 11) is 0. The van der Waals surface area contributed by atoms with Crippen LogP contribution in [0.5, 0.6) is 0 Å². The highest BCUT2D eigenvalue weighted by Crippen LogP contribution is 2.42. The summed E-state index contributed by atoms with van der Waals surface area (Å²) in [5, 5.41) is 17.0. The molecule has 0 aromatic heterocycles. The number of primary amides is 1. The number of thioether (sulfide) groups is 1. The van der Waals surface area contributed by atoms with Crippen LogP contribution in [0.25, 0.3) is 0 Å². The Morgan fingerprint density at radius 1 is 1.15 bits per heavy atom. The van der Waals surface area contributed by atoms with Crippen molar-refractivity contribution in [1.29, 1.82) is 0 Å². The van der Waals surface area contributed by atoms with Gasteiger partial charge in [-0.2, -0.15) is 0 Å². The van der Waals surface area contributed by atoms with Crippen molar-refractivity contribution < 1.29 is 9.90 Å². The van der Waals surface area contributed by atoms with Crippen molar-refractivity contribution in [3.63, 3.8) is 0 Å². The number of aliphatic hydroxyl groups excluding tert-OH is 1. The molecular formula is C21H27N3O2S. The Balaban J connectivity index is 1.65. The molecule has 1 amide bonds. The summed E-state index contributed by atoms with van der Waals surface area (Å²) in [6.07, 6.45) is 0.194. The number of hydrogen-bond donors (Lipinski definition) is 4. The summed E-state index contributed by atoms with van der Waals surface area (Å²) < 4.78 is 0. The Morgan fingerprint density at radius 2 is 1.78 bits per heavy atom. The van der Waals surface area contributed by atoms with Crippen LogP contribution in [0.2, 0.25) is 0 Å². The second-order valence-corrected chi connectivity index (χ2v) is 8.10. The van der Waals surface area contributed by atoms with Gasteiger partial charge in [0.2, 0.25) is 5.91 Å². The predicted octanol–water partition coefficient (Wildman–Crippen LogP) is 2.00. The van der Waals surface area contributed by atoms with Gasteiger partial charge in [0.15, 0.2) is 4.87 Å². The Labute approximate surface area is 164 Å². The first-order valence-electron chi connectivity index (χ1n) is 9.31. The van der Waals surface area contributed by atoms with E-state index in [1.54, 1.807) is 11.8 Å². The molecule has 0 bridgehead atoms. The molecule has 2 aromatic rings. The van der Waals surface area contributed by atoms with Crippen molar-refractivity contribution in [3.05, 3.63) is 71.8 Å². The van der Waals surface area contributed by atoms with Crippen LogP contribution in [0.1, 0.15) is 29.6 Å². The summed E-state index contributed by atoms with van der Waals surface area (Å²) in [5.41, 5.74) is 7.81. The summed E-state index contributed by atoms with van der Waals surface area (Å²) in [6, 6.07) is 19.7. The molecule has 1 aliphatic rings. The highest BCUT2D eigenvalue weighted by molar-refractivity contribution is 8.01. The van der Waals surface area contributed by atoms with Gasteiger partial charge >= 0.3 is 0 Å². The first-order chi connectivity index (χ1) is 13.1. The van der Waals surface area contributed by atoms with Gasteiger partial charge in [-0.3, -0.25) is 10.1 Å². The van der Waals surface area contributed by atoms with Crippen molar-refractivity contribution in [2.24, 2.45) is 5.73 Å². The van der Waals surface area contributed by atoms with E-state index in [0.29, 0.717) is 13.1 Å². The molecular weight excluding hydrogens is 358 g/mol. The lowest BCUT2D eigenvalue weighted by Gasteiger charge is -2.34. The number of amides is 1. The number of hydrogen-bond acceptors (Lipinski definition) is 5. The van der Waals surface area contributed by atoms with Gasteiger partial charge in [0.05, 0.1) is 6.10 Å². The highest BCUT2D eigenvalue weighted by Gasteiger charge is 2.47. The number of nitrogens with one attached hydrogen (secondary N) is 2. The number of aliphatic hydroxyl groups is 1. The first-order valence-corrected chi connectivity index (χ1v) is 10.3. The highest BCUT2D eigenvalue weighted by atomic mass is 32.2. The molecule has 3 atom stereocenters. The summed E-state index contributed by atoms with van der Waals surface area (Å²) >= 11 is 1.60. The van der Waals surface area contributed by atoms with E-state index < -0.39 is 11.0 Å². The van der Waals surface area contributed by atoms with E-state index in [2.05, 4.69) is 22.8 Å². The average Bonchev–Trinajstić information content (AvgIpc) is 3.20. The maximum Gasteiger partial charge on any atom is 0.248 e. The Hall–Kier alpha value is -1.86. The predicted molar refractivity (Wildman–Crippen MR) is 110 cm³/mol. The molecule has 1 saturated heterocycles. The molecule has 1 fully saturated rings. The van der Waals surface area contributed by atoms with Crippen molar-refractivity contribution in [2.75, 3.05) is 25.4 Å². The molecule has 144 valence electrons. The van der Waals surface area contributed by atoms with E-state index in [0.717, 1.165) is 29.8 Å². The Morgan fingerprint density at radius 3 is 2.33 bits per heavy atom. The lowest BCUT2D eigenvalue weighted by atomic mass is 9.87. The lowest BCUT2D eigenvalue weighted by Crippen LogP contribution is -2.54. The van der Waals surface area contributed by atoms with Crippen LogP contribution in [0, 0.1) is 0 Å². The van der Waals surface area contributed by atoms with E-state index in [1.807, 2.05) is 48.5 Å². The number of carbonyl (C=O) groups excluding carboxylic acids is 1. The van der Waals surface area contributed by atoms with Crippen molar-refractivity contribution in [1.82, 2.24) is 10.6 Å². The maximum atomic E-state index is 12.3. The summed E-state index contributed by atoms with van der Waals surface area (Å²) in [5.74, 6) is 0.514. The van der Waals surface area contributed by atoms with Gasteiger partial charge < -0.3 is 16.2 Å².